The topological polar surface area (TPSA) is 40.7 Å². The predicted molar refractivity (Wildman–Crippen MR) is 73.4 cm³/mol. The Morgan fingerprint density at radius 3 is 2.94 bits per heavy atom. The van der Waals surface area contributed by atoms with Crippen LogP contribution < -0.4 is 5.32 Å². The third kappa shape index (κ3) is 1.89. The first-order chi connectivity index (χ1) is 8.15. The van der Waals surface area contributed by atoms with E-state index in [-0.39, 0.29) is 0 Å². The van der Waals surface area contributed by atoms with Gasteiger partial charge in [-0.1, -0.05) is 15.9 Å². The molecule has 4 heteroatoms. The summed E-state index contributed by atoms with van der Waals surface area (Å²) in [5.41, 5.74) is 3.45. The minimum Gasteiger partial charge on any atom is -0.342 e. The molecule has 0 amide bonds. The maximum absolute atomic E-state index is 4.77. The van der Waals surface area contributed by atoms with Gasteiger partial charge in [0.25, 0.3) is 0 Å². The lowest BCUT2D eigenvalue weighted by atomic mass is 10.0. The molecule has 1 aromatic carbocycles. The molecule has 2 heterocycles. The van der Waals surface area contributed by atoms with Gasteiger partial charge in [-0.15, -0.1) is 0 Å². The molecule has 3 rings (SSSR count). The fourth-order valence-corrected chi connectivity index (χ4v) is 3.25. The number of rotatable bonds is 1. The van der Waals surface area contributed by atoms with Crippen molar-refractivity contribution >= 4 is 27.0 Å². The van der Waals surface area contributed by atoms with Crippen molar-refractivity contribution < 1.29 is 0 Å². The van der Waals surface area contributed by atoms with E-state index < -0.39 is 0 Å². The molecule has 2 aromatic rings. The fourth-order valence-electron chi connectivity index (χ4n) is 2.67. The zero-order valence-electron chi connectivity index (χ0n) is 10.0. The molecule has 0 spiro atoms. The summed E-state index contributed by atoms with van der Waals surface area (Å²) >= 11 is 3.53. The number of H-pyrrole nitrogens is 1. The molecule has 1 aliphatic rings. The highest BCUT2D eigenvalue weighted by Gasteiger charge is 2.27. The number of imidazole rings is 1. The SMILES string of the molecule is Cc1cc(Br)cc2[nH]c(C3CCNC3C)nc12. The van der Waals surface area contributed by atoms with Gasteiger partial charge in [-0.25, -0.2) is 4.98 Å². The molecular weight excluding hydrogens is 278 g/mol. The summed E-state index contributed by atoms with van der Waals surface area (Å²) in [6.07, 6.45) is 1.17. The Bertz CT molecular complexity index is 561. The Labute approximate surface area is 109 Å². The lowest BCUT2D eigenvalue weighted by Gasteiger charge is -2.11. The van der Waals surface area contributed by atoms with E-state index >= 15 is 0 Å². The number of aryl methyl sites for hydroxylation is 1. The van der Waals surface area contributed by atoms with E-state index in [0.29, 0.717) is 12.0 Å². The normalized spacial score (nSPS) is 24.6. The van der Waals surface area contributed by atoms with Crippen molar-refractivity contribution in [2.45, 2.75) is 32.2 Å². The van der Waals surface area contributed by atoms with E-state index in [1.54, 1.807) is 0 Å². The van der Waals surface area contributed by atoms with Gasteiger partial charge < -0.3 is 10.3 Å². The molecule has 2 unspecified atom stereocenters. The quantitative estimate of drug-likeness (QED) is 0.848. The number of fused-ring (bicyclic) bond motifs is 1. The summed E-state index contributed by atoms with van der Waals surface area (Å²) in [4.78, 5) is 8.24. The first kappa shape index (κ1) is 11.2. The minimum atomic E-state index is 0.513. The van der Waals surface area contributed by atoms with Crippen LogP contribution in [-0.2, 0) is 0 Å². The van der Waals surface area contributed by atoms with Gasteiger partial charge >= 0.3 is 0 Å². The maximum Gasteiger partial charge on any atom is 0.111 e. The van der Waals surface area contributed by atoms with Gasteiger partial charge in [-0.2, -0.15) is 0 Å². The number of halogens is 1. The summed E-state index contributed by atoms with van der Waals surface area (Å²) < 4.78 is 1.11. The zero-order valence-corrected chi connectivity index (χ0v) is 11.6. The Morgan fingerprint density at radius 1 is 1.41 bits per heavy atom. The molecule has 3 nitrogen and oxygen atoms in total. The van der Waals surface area contributed by atoms with Gasteiger partial charge in [-0.05, 0) is 44.5 Å². The average molecular weight is 294 g/mol. The van der Waals surface area contributed by atoms with Crippen LogP contribution in [0.5, 0.6) is 0 Å². The number of hydrogen-bond donors (Lipinski definition) is 2. The highest BCUT2D eigenvalue weighted by molar-refractivity contribution is 9.10. The monoisotopic (exact) mass is 293 g/mol. The third-order valence-electron chi connectivity index (χ3n) is 3.64. The third-order valence-corrected chi connectivity index (χ3v) is 4.09. The molecule has 17 heavy (non-hydrogen) atoms. The van der Waals surface area contributed by atoms with Crippen molar-refractivity contribution in [2.24, 2.45) is 0 Å². The molecule has 1 fully saturated rings. The lowest BCUT2D eigenvalue weighted by molar-refractivity contribution is 0.574. The standard InChI is InChI=1S/C13H16BrN3/c1-7-5-9(14)6-11-12(7)17-13(16-11)10-3-4-15-8(10)2/h5-6,8,10,15H,3-4H2,1-2H3,(H,16,17). The zero-order chi connectivity index (χ0) is 12.0. The molecular formula is C13H16BrN3. The fraction of sp³-hybridized carbons (Fsp3) is 0.462. The van der Waals surface area contributed by atoms with E-state index in [0.717, 1.165) is 27.9 Å². The highest BCUT2D eigenvalue weighted by atomic mass is 79.9. The number of nitrogens with zero attached hydrogens (tertiary/aromatic N) is 1. The van der Waals surface area contributed by atoms with E-state index in [1.165, 1.54) is 12.0 Å². The Hall–Kier alpha value is -0.870. The molecule has 1 aliphatic heterocycles. The van der Waals surface area contributed by atoms with Gasteiger partial charge in [0.1, 0.15) is 5.82 Å². The summed E-state index contributed by atoms with van der Waals surface area (Å²) in [5.74, 6) is 1.64. The molecule has 0 aliphatic carbocycles. The average Bonchev–Trinajstić information content (AvgIpc) is 2.83. The van der Waals surface area contributed by atoms with Crippen LogP contribution in [0, 0.1) is 6.92 Å². The van der Waals surface area contributed by atoms with E-state index in [2.05, 4.69) is 52.2 Å². The van der Waals surface area contributed by atoms with Gasteiger partial charge in [0.05, 0.1) is 11.0 Å². The molecule has 0 radical (unpaired) electrons. The minimum absolute atomic E-state index is 0.513. The van der Waals surface area contributed by atoms with Crippen LogP contribution in [-0.4, -0.2) is 22.6 Å². The van der Waals surface area contributed by atoms with Crippen LogP contribution in [0.4, 0.5) is 0 Å². The Kier molecular flexibility index (Phi) is 2.71. The van der Waals surface area contributed by atoms with Crippen LogP contribution in [0.1, 0.15) is 30.7 Å². The van der Waals surface area contributed by atoms with Gasteiger partial charge in [0.15, 0.2) is 0 Å². The van der Waals surface area contributed by atoms with Crippen LogP contribution in [0.25, 0.3) is 11.0 Å². The summed E-state index contributed by atoms with van der Waals surface area (Å²) in [5, 5.41) is 3.47. The van der Waals surface area contributed by atoms with E-state index in [1.807, 2.05) is 0 Å². The summed E-state index contributed by atoms with van der Waals surface area (Å²) in [6.45, 7) is 5.42. The number of aromatic nitrogens is 2. The summed E-state index contributed by atoms with van der Waals surface area (Å²) in [6, 6.07) is 4.73. The first-order valence-corrected chi connectivity index (χ1v) is 6.83. The number of nitrogens with one attached hydrogen (secondary N) is 2. The Morgan fingerprint density at radius 2 is 2.24 bits per heavy atom. The maximum atomic E-state index is 4.77. The second kappa shape index (κ2) is 4.10. The van der Waals surface area contributed by atoms with Crippen molar-refractivity contribution in [3.05, 3.63) is 28.0 Å². The van der Waals surface area contributed by atoms with Crippen LogP contribution in [0.2, 0.25) is 0 Å². The van der Waals surface area contributed by atoms with Gasteiger partial charge in [-0.3, -0.25) is 0 Å². The number of aromatic amines is 1. The van der Waals surface area contributed by atoms with Gasteiger partial charge in [0.2, 0.25) is 0 Å². The van der Waals surface area contributed by atoms with E-state index in [9.17, 15) is 0 Å². The second-order valence-corrected chi connectivity index (χ2v) is 5.79. The molecule has 0 bridgehead atoms. The molecule has 0 saturated carbocycles. The predicted octanol–water partition coefficient (Wildman–Crippen LogP) is 3.10. The first-order valence-electron chi connectivity index (χ1n) is 6.04. The van der Waals surface area contributed by atoms with Crippen molar-refractivity contribution in [1.29, 1.82) is 0 Å². The van der Waals surface area contributed by atoms with Gasteiger partial charge in [0, 0.05) is 16.4 Å². The van der Waals surface area contributed by atoms with E-state index in [4.69, 9.17) is 4.98 Å². The molecule has 90 valence electrons. The second-order valence-electron chi connectivity index (χ2n) is 4.88. The molecule has 2 atom stereocenters. The lowest BCUT2D eigenvalue weighted by Crippen LogP contribution is -2.22. The van der Waals surface area contributed by atoms with Crippen LogP contribution in [0.15, 0.2) is 16.6 Å². The highest BCUT2D eigenvalue weighted by Crippen LogP contribution is 2.29. The van der Waals surface area contributed by atoms with Crippen molar-refractivity contribution in [2.75, 3.05) is 6.54 Å². The molecule has 1 aromatic heterocycles. The smallest absolute Gasteiger partial charge is 0.111 e. The summed E-state index contributed by atoms with van der Waals surface area (Å²) in [7, 11) is 0. The molecule has 2 N–H and O–H groups in total. The van der Waals surface area contributed by atoms with Crippen molar-refractivity contribution in [3.8, 4) is 0 Å². The van der Waals surface area contributed by atoms with Crippen molar-refractivity contribution in [3.63, 3.8) is 0 Å². The Balaban J connectivity index is 2.10. The van der Waals surface area contributed by atoms with Crippen LogP contribution in [0.3, 0.4) is 0 Å². The number of benzene rings is 1. The largest absolute Gasteiger partial charge is 0.342 e. The van der Waals surface area contributed by atoms with Crippen molar-refractivity contribution in [1.82, 2.24) is 15.3 Å². The molecule has 1 saturated heterocycles. The number of hydrogen-bond acceptors (Lipinski definition) is 2. The van der Waals surface area contributed by atoms with Crippen LogP contribution >= 0.6 is 15.9 Å².